The van der Waals surface area contributed by atoms with E-state index >= 15 is 0 Å². The Balaban J connectivity index is 2.58. The maximum atomic E-state index is 11.6. The third-order valence-electron chi connectivity index (χ3n) is 2.66. The van der Waals surface area contributed by atoms with Gasteiger partial charge in [0.1, 0.15) is 5.75 Å². The lowest BCUT2D eigenvalue weighted by molar-refractivity contribution is -0.121. The van der Waals surface area contributed by atoms with Crippen LogP contribution in [-0.2, 0) is 4.79 Å². The Kier molecular flexibility index (Phi) is 2.63. The molecule has 4 N–H and O–H groups in total. The minimum atomic E-state index is -0.626. The van der Waals surface area contributed by atoms with Gasteiger partial charge < -0.3 is 21.1 Å². The van der Waals surface area contributed by atoms with Crippen molar-refractivity contribution in [2.24, 2.45) is 5.73 Å². The molecule has 0 atom stereocenters. The van der Waals surface area contributed by atoms with Gasteiger partial charge in [0, 0.05) is 18.3 Å². The van der Waals surface area contributed by atoms with Crippen molar-refractivity contribution in [3.8, 4) is 5.75 Å². The molecule has 1 heterocycles. The van der Waals surface area contributed by atoms with Crippen molar-refractivity contribution in [1.29, 1.82) is 0 Å². The van der Waals surface area contributed by atoms with Gasteiger partial charge in [0.2, 0.25) is 0 Å². The predicted molar refractivity (Wildman–Crippen MR) is 62.9 cm³/mol. The molecular weight excluding hydrogens is 222 g/mol. The smallest absolute Gasteiger partial charge is 0.265 e. The molecule has 0 bridgehead atoms. The molecule has 1 aliphatic heterocycles. The van der Waals surface area contributed by atoms with Gasteiger partial charge in [0.05, 0.1) is 11.3 Å². The summed E-state index contributed by atoms with van der Waals surface area (Å²) in [5, 5.41) is 0. The van der Waals surface area contributed by atoms with Crippen molar-refractivity contribution in [2.45, 2.75) is 6.92 Å². The first kappa shape index (κ1) is 11.3. The second-order valence-corrected chi connectivity index (χ2v) is 3.70. The van der Waals surface area contributed by atoms with Crippen LogP contribution in [0.2, 0.25) is 0 Å². The minimum Gasteiger partial charge on any atom is -0.481 e. The molecule has 0 spiro atoms. The van der Waals surface area contributed by atoms with Gasteiger partial charge in [0.15, 0.2) is 6.61 Å². The Morgan fingerprint density at radius 3 is 2.82 bits per heavy atom. The molecule has 0 fully saturated rings. The fourth-order valence-electron chi connectivity index (χ4n) is 1.82. The fraction of sp³-hybridized carbons (Fsp3) is 0.273. The molecule has 0 unspecified atom stereocenters. The van der Waals surface area contributed by atoms with Crippen LogP contribution in [0.25, 0.3) is 0 Å². The van der Waals surface area contributed by atoms with Crippen molar-refractivity contribution >= 4 is 23.2 Å². The number of nitrogens with zero attached hydrogens (tertiary/aromatic N) is 1. The number of hydrogen-bond donors (Lipinski definition) is 2. The van der Waals surface area contributed by atoms with Crippen LogP contribution in [0.15, 0.2) is 12.1 Å². The van der Waals surface area contributed by atoms with Gasteiger partial charge in [-0.2, -0.15) is 0 Å². The number of rotatable bonds is 2. The molecule has 1 aliphatic rings. The maximum Gasteiger partial charge on any atom is 0.265 e. The highest BCUT2D eigenvalue weighted by Crippen LogP contribution is 2.35. The second-order valence-electron chi connectivity index (χ2n) is 3.70. The zero-order valence-corrected chi connectivity index (χ0v) is 9.40. The van der Waals surface area contributed by atoms with E-state index < -0.39 is 5.91 Å². The largest absolute Gasteiger partial charge is 0.481 e. The average molecular weight is 235 g/mol. The van der Waals surface area contributed by atoms with Crippen molar-refractivity contribution in [3.63, 3.8) is 0 Å². The molecule has 17 heavy (non-hydrogen) atoms. The van der Waals surface area contributed by atoms with Crippen LogP contribution < -0.4 is 21.1 Å². The van der Waals surface area contributed by atoms with E-state index in [1.54, 1.807) is 0 Å². The van der Waals surface area contributed by atoms with Crippen LogP contribution in [0.1, 0.15) is 17.3 Å². The van der Waals surface area contributed by atoms with Gasteiger partial charge >= 0.3 is 0 Å². The number of nitrogens with two attached hydrogens (primary N) is 2. The quantitative estimate of drug-likeness (QED) is 0.711. The molecule has 1 aromatic rings. The van der Waals surface area contributed by atoms with E-state index in [1.165, 1.54) is 17.0 Å². The number of nitrogen functional groups attached to an aromatic ring is 1. The molecule has 0 aliphatic carbocycles. The number of carbonyl (C=O) groups is 2. The summed E-state index contributed by atoms with van der Waals surface area (Å²) in [7, 11) is 0. The van der Waals surface area contributed by atoms with E-state index in [0.29, 0.717) is 18.0 Å². The summed E-state index contributed by atoms with van der Waals surface area (Å²) in [5.41, 5.74) is 11.9. The third kappa shape index (κ3) is 1.77. The van der Waals surface area contributed by atoms with E-state index in [4.69, 9.17) is 16.2 Å². The number of fused-ring (bicyclic) bond motifs is 1. The van der Waals surface area contributed by atoms with Gasteiger partial charge in [-0.25, -0.2) is 0 Å². The molecule has 0 aromatic heterocycles. The molecule has 0 saturated carbocycles. The first-order valence-electron chi connectivity index (χ1n) is 5.21. The lowest BCUT2D eigenvalue weighted by Gasteiger charge is -2.29. The summed E-state index contributed by atoms with van der Waals surface area (Å²) in [6.45, 7) is 2.32. The molecule has 0 saturated heterocycles. The average Bonchev–Trinajstić information content (AvgIpc) is 2.28. The van der Waals surface area contributed by atoms with E-state index in [-0.39, 0.29) is 23.8 Å². The Bertz CT molecular complexity index is 499. The lowest BCUT2D eigenvalue weighted by Crippen LogP contribution is -2.38. The summed E-state index contributed by atoms with van der Waals surface area (Å²) in [6.07, 6.45) is 0. The SMILES string of the molecule is CCN1C(=O)COc2cc(N)c(C(N)=O)cc21. The van der Waals surface area contributed by atoms with Gasteiger partial charge in [-0.15, -0.1) is 0 Å². The molecule has 6 heteroatoms. The number of carbonyl (C=O) groups excluding carboxylic acids is 2. The van der Waals surface area contributed by atoms with Crippen LogP contribution in [0.3, 0.4) is 0 Å². The second kappa shape index (κ2) is 3.97. The van der Waals surface area contributed by atoms with Crippen LogP contribution in [0.4, 0.5) is 11.4 Å². The molecule has 90 valence electrons. The monoisotopic (exact) mass is 235 g/mol. The van der Waals surface area contributed by atoms with Crippen LogP contribution in [-0.4, -0.2) is 25.0 Å². The number of primary amides is 1. The zero-order chi connectivity index (χ0) is 12.6. The Morgan fingerprint density at radius 2 is 2.24 bits per heavy atom. The van der Waals surface area contributed by atoms with Gasteiger partial charge in [-0.1, -0.05) is 0 Å². The minimum absolute atomic E-state index is 0.0177. The lowest BCUT2D eigenvalue weighted by atomic mass is 10.1. The third-order valence-corrected chi connectivity index (χ3v) is 2.66. The topological polar surface area (TPSA) is 98.7 Å². The highest BCUT2D eigenvalue weighted by molar-refractivity contribution is 6.03. The van der Waals surface area contributed by atoms with Crippen molar-refractivity contribution in [1.82, 2.24) is 0 Å². The normalized spacial score (nSPS) is 14.2. The highest BCUT2D eigenvalue weighted by Gasteiger charge is 2.26. The van der Waals surface area contributed by atoms with E-state index in [1.807, 2.05) is 6.92 Å². The molecule has 6 nitrogen and oxygen atoms in total. The number of hydrogen-bond acceptors (Lipinski definition) is 4. The summed E-state index contributed by atoms with van der Waals surface area (Å²) in [5.74, 6) is -0.284. The van der Waals surface area contributed by atoms with E-state index in [2.05, 4.69) is 0 Å². The van der Waals surface area contributed by atoms with E-state index in [9.17, 15) is 9.59 Å². The van der Waals surface area contributed by atoms with Gasteiger partial charge in [-0.3, -0.25) is 9.59 Å². The Labute approximate surface area is 98.1 Å². The number of anilines is 2. The number of likely N-dealkylation sites (N-methyl/N-ethyl adjacent to an activating group) is 1. The molecule has 0 radical (unpaired) electrons. The maximum absolute atomic E-state index is 11.6. The summed E-state index contributed by atoms with van der Waals surface area (Å²) >= 11 is 0. The summed E-state index contributed by atoms with van der Waals surface area (Å²) in [6, 6.07) is 3.01. The fourth-order valence-corrected chi connectivity index (χ4v) is 1.82. The first-order valence-corrected chi connectivity index (χ1v) is 5.21. The van der Waals surface area contributed by atoms with Gasteiger partial charge in [0.25, 0.3) is 11.8 Å². The summed E-state index contributed by atoms with van der Waals surface area (Å²) in [4.78, 5) is 24.3. The molecular formula is C11H13N3O3. The number of benzene rings is 1. The van der Waals surface area contributed by atoms with Crippen LogP contribution in [0, 0.1) is 0 Å². The standard InChI is InChI=1S/C11H13N3O3/c1-2-14-8-3-6(11(13)16)7(12)4-9(8)17-5-10(14)15/h3-4H,2,5,12H2,1H3,(H2,13,16). The van der Waals surface area contributed by atoms with Gasteiger partial charge in [-0.05, 0) is 13.0 Å². The number of amides is 2. The zero-order valence-electron chi connectivity index (χ0n) is 9.40. The van der Waals surface area contributed by atoms with Crippen LogP contribution in [0.5, 0.6) is 5.75 Å². The molecule has 1 aromatic carbocycles. The van der Waals surface area contributed by atoms with E-state index in [0.717, 1.165) is 0 Å². The van der Waals surface area contributed by atoms with Crippen molar-refractivity contribution in [3.05, 3.63) is 17.7 Å². The first-order chi connectivity index (χ1) is 8.04. The molecule has 2 rings (SSSR count). The highest BCUT2D eigenvalue weighted by atomic mass is 16.5. The predicted octanol–water partition coefficient (Wildman–Crippen LogP) is 0.113. The van der Waals surface area contributed by atoms with Crippen molar-refractivity contribution in [2.75, 3.05) is 23.8 Å². The Hall–Kier alpha value is -2.24. The molecule has 2 amide bonds. The van der Waals surface area contributed by atoms with Crippen LogP contribution >= 0.6 is 0 Å². The van der Waals surface area contributed by atoms with Crippen molar-refractivity contribution < 1.29 is 14.3 Å². The summed E-state index contributed by atoms with van der Waals surface area (Å²) < 4.78 is 5.26. The number of ether oxygens (including phenoxy) is 1. The Morgan fingerprint density at radius 1 is 1.53 bits per heavy atom.